The van der Waals surface area contributed by atoms with Gasteiger partial charge < -0.3 is 0 Å². The summed E-state index contributed by atoms with van der Waals surface area (Å²) in [6, 6.07) is 4.93. The second-order valence-electron chi connectivity index (χ2n) is 4.48. The second-order valence-corrected chi connectivity index (χ2v) is 4.48. The molecule has 1 rings (SSSR count). The van der Waals surface area contributed by atoms with Crippen LogP contribution in [0.4, 0.5) is 13.2 Å². The molecule has 2 atom stereocenters. The highest BCUT2D eigenvalue weighted by Gasteiger charge is 2.34. The van der Waals surface area contributed by atoms with Gasteiger partial charge in [0.2, 0.25) is 0 Å². The molecule has 19 heavy (non-hydrogen) atoms. The van der Waals surface area contributed by atoms with Gasteiger partial charge in [-0.15, -0.1) is 6.42 Å². The van der Waals surface area contributed by atoms with E-state index in [2.05, 4.69) is 11.2 Å². The summed E-state index contributed by atoms with van der Waals surface area (Å²) in [7, 11) is 0. The van der Waals surface area contributed by atoms with Crippen molar-refractivity contribution in [2.45, 2.75) is 44.9 Å². The van der Waals surface area contributed by atoms with Crippen molar-refractivity contribution in [1.82, 2.24) is 5.32 Å². The van der Waals surface area contributed by atoms with Gasteiger partial charge in [-0.3, -0.25) is 5.32 Å². The Morgan fingerprint density at radius 3 is 2.47 bits per heavy atom. The fourth-order valence-corrected chi connectivity index (χ4v) is 2.03. The monoisotopic (exact) mass is 269 g/mol. The Morgan fingerprint density at radius 1 is 1.32 bits per heavy atom. The maximum absolute atomic E-state index is 12.9. The van der Waals surface area contributed by atoms with Crippen molar-refractivity contribution in [3.8, 4) is 12.3 Å². The standard InChI is InChI=1S/C15H18F3N/c1-4-8-12(5-2)19-11(3)13-9-6-7-10-14(13)15(16,17)18/h2,6-7,9-12,19H,4,8H2,1,3H3. The van der Waals surface area contributed by atoms with Crippen LogP contribution in [0.25, 0.3) is 0 Å². The molecule has 0 aromatic heterocycles. The largest absolute Gasteiger partial charge is 0.416 e. The van der Waals surface area contributed by atoms with E-state index in [9.17, 15) is 13.2 Å². The molecule has 0 saturated carbocycles. The highest BCUT2D eigenvalue weighted by Crippen LogP contribution is 2.34. The van der Waals surface area contributed by atoms with E-state index in [-0.39, 0.29) is 11.6 Å². The SMILES string of the molecule is C#CC(CCC)NC(C)c1ccccc1C(F)(F)F. The number of terminal acetylenes is 1. The van der Waals surface area contributed by atoms with Gasteiger partial charge in [0.1, 0.15) is 0 Å². The molecule has 104 valence electrons. The zero-order chi connectivity index (χ0) is 14.5. The van der Waals surface area contributed by atoms with Crippen molar-refractivity contribution in [3.63, 3.8) is 0 Å². The topological polar surface area (TPSA) is 12.0 Å². The summed E-state index contributed by atoms with van der Waals surface area (Å²) in [5.74, 6) is 2.57. The quantitative estimate of drug-likeness (QED) is 0.791. The minimum absolute atomic E-state index is 0.207. The molecular weight excluding hydrogens is 251 g/mol. The number of rotatable bonds is 5. The van der Waals surface area contributed by atoms with Gasteiger partial charge in [-0.2, -0.15) is 13.2 Å². The molecule has 0 heterocycles. The molecule has 1 aromatic carbocycles. The number of benzene rings is 1. The van der Waals surface area contributed by atoms with E-state index in [4.69, 9.17) is 6.42 Å². The molecule has 0 saturated heterocycles. The van der Waals surface area contributed by atoms with E-state index in [1.807, 2.05) is 6.92 Å². The molecule has 0 fully saturated rings. The molecule has 0 amide bonds. The lowest BCUT2D eigenvalue weighted by Gasteiger charge is -2.22. The van der Waals surface area contributed by atoms with E-state index in [0.717, 1.165) is 18.9 Å². The van der Waals surface area contributed by atoms with E-state index in [0.29, 0.717) is 0 Å². The Hall–Kier alpha value is -1.47. The third-order valence-corrected chi connectivity index (χ3v) is 2.96. The van der Waals surface area contributed by atoms with E-state index < -0.39 is 17.8 Å². The number of hydrogen-bond donors (Lipinski definition) is 1. The van der Waals surface area contributed by atoms with Crippen LogP contribution in [0.5, 0.6) is 0 Å². The zero-order valence-corrected chi connectivity index (χ0v) is 11.1. The molecule has 4 heteroatoms. The summed E-state index contributed by atoms with van der Waals surface area (Å²) in [5, 5.41) is 3.06. The maximum atomic E-state index is 12.9. The summed E-state index contributed by atoms with van der Waals surface area (Å²) in [6.45, 7) is 3.69. The zero-order valence-electron chi connectivity index (χ0n) is 11.1. The molecule has 1 nitrogen and oxygen atoms in total. The van der Waals surface area contributed by atoms with Crippen LogP contribution in [0, 0.1) is 12.3 Å². The van der Waals surface area contributed by atoms with Gasteiger partial charge in [-0.1, -0.05) is 37.5 Å². The predicted octanol–water partition coefficient (Wildman–Crippen LogP) is 4.16. The van der Waals surface area contributed by atoms with Crippen LogP contribution < -0.4 is 5.32 Å². The predicted molar refractivity (Wildman–Crippen MR) is 70.5 cm³/mol. The van der Waals surface area contributed by atoms with Gasteiger partial charge in [0.05, 0.1) is 11.6 Å². The molecule has 0 aliphatic carbocycles. The van der Waals surface area contributed by atoms with Gasteiger partial charge in [0.15, 0.2) is 0 Å². The first-order chi connectivity index (χ1) is 8.90. The van der Waals surface area contributed by atoms with Gasteiger partial charge in [-0.05, 0) is 25.0 Å². The van der Waals surface area contributed by atoms with Gasteiger partial charge in [0, 0.05) is 6.04 Å². The van der Waals surface area contributed by atoms with Crippen molar-refractivity contribution in [2.24, 2.45) is 0 Å². The smallest absolute Gasteiger partial charge is 0.297 e. The fourth-order valence-electron chi connectivity index (χ4n) is 2.03. The first-order valence-electron chi connectivity index (χ1n) is 6.28. The van der Waals surface area contributed by atoms with Crippen molar-refractivity contribution in [3.05, 3.63) is 35.4 Å². The molecule has 0 aliphatic heterocycles. The number of nitrogens with one attached hydrogen (secondary N) is 1. The Kier molecular flexibility index (Phi) is 5.44. The summed E-state index contributed by atoms with van der Waals surface area (Å²) < 4.78 is 38.7. The van der Waals surface area contributed by atoms with E-state index >= 15 is 0 Å². The molecule has 2 unspecified atom stereocenters. The van der Waals surface area contributed by atoms with Gasteiger partial charge in [0.25, 0.3) is 0 Å². The summed E-state index contributed by atoms with van der Waals surface area (Å²) in [6.07, 6.45) is 2.66. The first-order valence-corrected chi connectivity index (χ1v) is 6.28. The van der Waals surface area contributed by atoms with Crippen LogP contribution in [-0.2, 0) is 6.18 Å². The number of halogens is 3. The van der Waals surface area contributed by atoms with Crippen molar-refractivity contribution in [1.29, 1.82) is 0 Å². The van der Waals surface area contributed by atoms with Crippen LogP contribution in [0.1, 0.15) is 43.9 Å². The third kappa shape index (κ3) is 4.29. The van der Waals surface area contributed by atoms with Gasteiger partial charge in [-0.25, -0.2) is 0 Å². The van der Waals surface area contributed by atoms with Crippen molar-refractivity contribution < 1.29 is 13.2 Å². The second kappa shape index (κ2) is 6.63. The number of alkyl halides is 3. The number of hydrogen-bond acceptors (Lipinski definition) is 1. The van der Waals surface area contributed by atoms with Gasteiger partial charge >= 0.3 is 6.18 Å². The minimum atomic E-state index is -4.34. The molecular formula is C15H18F3N. The molecule has 0 radical (unpaired) electrons. The summed E-state index contributed by atoms with van der Waals surface area (Å²) in [5.41, 5.74) is -0.381. The Balaban J connectivity index is 2.94. The van der Waals surface area contributed by atoms with Crippen molar-refractivity contribution >= 4 is 0 Å². The van der Waals surface area contributed by atoms with E-state index in [1.54, 1.807) is 13.0 Å². The van der Waals surface area contributed by atoms with Crippen LogP contribution in [0.2, 0.25) is 0 Å². The maximum Gasteiger partial charge on any atom is 0.416 e. The van der Waals surface area contributed by atoms with Crippen LogP contribution >= 0.6 is 0 Å². The summed E-state index contributed by atoms with van der Waals surface area (Å²) >= 11 is 0. The normalized spacial score (nSPS) is 14.7. The molecule has 0 aliphatic rings. The highest BCUT2D eigenvalue weighted by molar-refractivity contribution is 5.32. The summed E-state index contributed by atoms with van der Waals surface area (Å²) in [4.78, 5) is 0. The first kappa shape index (κ1) is 15.6. The third-order valence-electron chi connectivity index (χ3n) is 2.96. The van der Waals surface area contributed by atoms with Crippen LogP contribution in [0.3, 0.4) is 0 Å². The Morgan fingerprint density at radius 2 is 1.95 bits per heavy atom. The van der Waals surface area contributed by atoms with Crippen LogP contribution in [-0.4, -0.2) is 6.04 Å². The average molecular weight is 269 g/mol. The lowest BCUT2D eigenvalue weighted by molar-refractivity contribution is -0.138. The molecule has 1 aromatic rings. The fraction of sp³-hybridized carbons (Fsp3) is 0.467. The minimum Gasteiger partial charge on any atom is -0.297 e. The molecule has 1 N–H and O–H groups in total. The van der Waals surface area contributed by atoms with Crippen LogP contribution in [0.15, 0.2) is 24.3 Å². The molecule has 0 bridgehead atoms. The Bertz CT molecular complexity index is 445. The lowest BCUT2D eigenvalue weighted by atomic mass is 10.00. The van der Waals surface area contributed by atoms with Crippen molar-refractivity contribution in [2.75, 3.05) is 0 Å². The van der Waals surface area contributed by atoms with E-state index in [1.165, 1.54) is 12.1 Å². The average Bonchev–Trinajstić information content (AvgIpc) is 2.37. The Labute approximate surface area is 112 Å². The highest BCUT2D eigenvalue weighted by atomic mass is 19.4. The lowest BCUT2D eigenvalue weighted by Crippen LogP contribution is -2.31. The molecule has 0 spiro atoms.